The Morgan fingerprint density at radius 2 is 1.60 bits per heavy atom. The number of hydrogen-bond acceptors (Lipinski definition) is 5. The van der Waals surface area contributed by atoms with E-state index < -0.39 is 10.0 Å². The molecule has 7 heteroatoms. The smallest absolute Gasteiger partial charge is 0.267 e. The van der Waals surface area contributed by atoms with Crippen molar-refractivity contribution in [1.29, 1.82) is 0 Å². The molecule has 158 valence electrons. The molecule has 1 aliphatic heterocycles. The van der Waals surface area contributed by atoms with Gasteiger partial charge in [-0.15, -0.1) is 0 Å². The average molecular weight is 426 g/mol. The standard InChI is InChI=1S/C23H27N3O3S/c1-19-9-11-21(12-10-19)30(27,28)26-13-5-6-20(26)18-24-14-16-25(17-15-24)22-7-3-4-8-23(22)29-2/h3-13H,14-18H2,1-2H3. The number of para-hydroxylation sites is 2. The lowest BCUT2D eigenvalue weighted by Gasteiger charge is -2.36. The molecule has 0 radical (unpaired) electrons. The van der Waals surface area contributed by atoms with Crippen molar-refractivity contribution in [2.45, 2.75) is 18.4 Å². The molecule has 2 heterocycles. The van der Waals surface area contributed by atoms with Gasteiger partial charge >= 0.3 is 0 Å². The first-order valence-electron chi connectivity index (χ1n) is 10.1. The van der Waals surface area contributed by atoms with E-state index in [2.05, 4.69) is 15.9 Å². The predicted octanol–water partition coefficient (Wildman–Crippen LogP) is 3.36. The van der Waals surface area contributed by atoms with Crippen LogP contribution in [0, 0.1) is 6.92 Å². The van der Waals surface area contributed by atoms with Gasteiger partial charge in [0.25, 0.3) is 10.0 Å². The van der Waals surface area contributed by atoms with Crippen LogP contribution in [-0.4, -0.2) is 50.6 Å². The largest absolute Gasteiger partial charge is 0.495 e. The zero-order valence-electron chi connectivity index (χ0n) is 17.4. The molecule has 3 aromatic rings. The second-order valence-electron chi connectivity index (χ2n) is 7.55. The number of benzene rings is 2. The Kier molecular flexibility index (Phi) is 5.83. The Balaban J connectivity index is 1.46. The average Bonchev–Trinajstić information content (AvgIpc) is 3.23. The van der Waals surface area contributed by atoms with Crippen molar-refractivity contribution in [3.8, 4) is 5.75 Å². The van der Waals surface area contributed by atoms with E-state index in [0.29, 0.717) is 11.4 Å². The third kappa shape index (κ3) is 4.08. The van der Waals surface area contributed by atoms with Crippen LogP contribution in [0.1, 0.15) is 11.3 Å². The van der Waals surface area contributed by atoms with Gasteiger partial charge in [0.15, 0.2) is 0 Å². The van der Waals surface area contributed by atoms with Gasteiger partial charge in [0.2, 0.25) is 0 Å². The van der Waals surface area contributed by atoms with Crippen LogP contribution in [0.2, 0.25) is 0 Å². The van der Waals surface area contributed by atoms with E-state index in [1.807, 2.05) is 43.3 Å². The molecule has 4 rings (SSSR count). The maximum absolute atomic E-state index is 13.1. The number of aryl methyl sites for hydroxylation is 1. The van der Waals surface area contributed by atoms with Crippen LogP contribution in [-0.2, 0) is 16.6 Å². The Morgan fingerprint density at radius 1 is 0.900 bits per heavy atom. The molecule has 6 nitrogen and oxygen atoms in total. The van der Waals surface area contributed by atoms with Crippen molar-refractivity contribution in [1.82, 2.24) is 8.87 Å². The lowest BCUT2D eigenvalue weighted by atomic mass is 10.2. The van der Waals surface area contributed by atoms with Crippen molar-refractivity contribution < 1.29 is 13.2 Å². The monoisotopic (exact) mass is 425 g/mol. The molecule has 0 unspecified atom stereocenters. The van der Waals surface area contributed by atoms with Crippen molar-refractivity contribution in [3.63, 3.8) is 0 Å². The fourth-order valence-electron chi connectivity index (χ4n) is 3.85. The summed E-state index contributed by atoms with van der Waals surface area (Å²) < 4.78 is 33.1. The molecule has 0 aliphatic carbocycles. The molecule has 1 fully saturated rings. The minimum Gasteiger partial charge on any atom is -0.495 e. The second-order valence-corrected chi connectivity index (χ2v) is 9.36. The zero-order valence-corrected chi connectivity index (χ0v) is 18.2. The fraction of sp³-hybridized carbons (Fsp3) is 0.304. The Labute approximate surface area is 178 Å². The summed E-state index contributed by atoms with van der Waals surface area (Å²) in [6.07, 6.45) is 1.63. The van der Waals surface area contributed by atoms with E-state index in [4.69, 9.17) is 4.74 Å². The quantitative estimate of drug-likeness (QED) is 0.606. The maximum Gasteiger partial charge on any atom is 0.267 e. The molecule has 0 N–H and O–H groups in total. The van der Waals surface area contributed by atoms with Gasteiger partial charge in [-0.05, 0) is 43.3 Å². The number of piperazine rings is 1. The minimum absolute atomic E-state index is 0.312. The highest BCUT2D eigenvalue weighted by atomic mass is 32.2. The first-order valence-corrected chi connectivity index (χ1v) is 11.5. The summed E-state index contributed by atoms with van der Waals surface area (Å²) in [5.41, 5.74) is 2.92. The third-order valence-electron chi connectivity index (χ3n) is 5.55. The number of rotatable bonds is 6. The van der Waals surface area contributed by atoms with Crippen LogP contribution in [0.4, 0.5) is 5.69 Å². The van der Waals surface area contributed by atoms with E-state index in [0.717, 1.165) is 48.9 Å². The highest BCUT2D eigenvalue weighted by Crippen LogP contribution is 2.28. The van der Waals surface area contributed by atoms with Gasteiger partial charge < -0.3 is 9.64 Å². The van der Waals surface area contributed by atoms with E-state index in [1.54, 1.807) is 31.5 Å². The molecule has 0 bridgehead atoms. The van der Waals surface area contributed by atoms with Crippen molar-refractivity contribution >= 4 is 15.7 Å². The third-order valence-corrected chi connectivity index (χ3v) is 7.30. The van der Waals surface area contributed by atoms with Crippen molar-refractivity contribution in [2.24, 2.45) is 0 Å². The molecule has 0 saturated carbocycles. The summed E-state index contributed by atoms with van der Waals surface area (Å²) in [7, 11) is -1.90. The van der Waals surface area contributed by atoms with Crippen LogP contribution in [0.15, 0.2) is 71.8 Å². The Hall–Kier alpha value is -2.77. The van der Waals surface area contributed by atoms with Gasteiger partial charge in [0, 0.05) is 44.6 Å². The molecule has 1 aromatic heterocycles. The van der Waals surface area contributed by atoms with Gasteiger partial charge in [-0.1, -0.05) is 29.8 Å². The van der Waals surface area contributed by atoms with E-state index in [1.165, 1.54) is 3.97 Å². The summed E-state index contributed by atoms with van der Waals surface area (Å²) in [4.78, 5) is 4.92. The molecule has 30 heavy (non-hydrogen) atoms. The van der Waals surface area contributed by atoms with Gasteiger partial charge in [-0.2, -0.15) is 0 Å². The van der Waals surface area contributed by atoms with E-state index in [9.17, 15) is 8.42 Å². The molecule has 0 amide bonds. The molecular formula is C23H27N3O3S. The summed E-state index contributed by atoms with van der Waals surface area (Å²) in [5.74, 6) is 0.879. The normalized spacial score (nSPS) is 15.3. The van der Waals surface area contributed by atoms with Crippen LogP contribution in [0.3, 0.4) is 0 Å². The van der Waals surface area contributed by atoms with Crippen molar-refractivity contribution in [3.05, 3.63) is 78.1 Å². The summed E-state index contributed by atoms with van der Waals surface area (Å²) in [6.45, 7) is 5.99. The van der Waals surface area contributed by atoms with Gasteiger partial charge in [0.1, 0.15) is 5.75 Å². The summed E-state index contributed by atoms with van der Waals surface area (Å²) in [6, 6.07) is 18.7. The SMILES string of the molecule is COc1ccccc1N1CCN(Cc2cccn2S(=O)(=O)c2ccc(C)cc2)CC1. The molecule has 1 aliphatic rings. The van der Waals surface area contributed by atoms with Crippen LogP contribution in [0.25, 0.3) is 0 Å². The minimum atomic E-state index is -3.59. The molecule has 0 atom stereocenters. The lowest BCUT2D eigenvalue weighted by molar-refractivity contribution is 0.246. The predicted molar refractivity (Wildman–Crippen MR) is 119 cm³/mol. The van der Waals surface area contributed by atoms with Gasteiger partial charge in [0.05, 0.1) is 17.7 Å². The number of anilines is 1. The number of ether oxygens (including phenoxy) is 1. The lowest BCUT2D eigenvalue weighted by Crippen LogP contribution is -2.46. The first-order chi connectivity index (χ1) is 14.5. The van der Waals surface area contributed by atoms with Crippen LogP contribution in [0.5, 0.6) is 5.75 Å². The summed E-state index contributed by atoms with van der Waals surface area (Å²) >= 11 is 0. The van der Waals surface area contributed by atoms with Crippen LogP contribution < -0.4 is 9.64 Å². The highest BCUT2D eigenvalue weighted by Gasteiger charge is 2.23. The Morgan fingerprint density at radius 3 is 2.30 bits per heavy atom. The zero-order chi connectivity index (χ0) is 21.1. The fourth-order valence-corrected chi connectivity index (χ4v) is 5.21. The second kappa shape index (κ2) is 8.53. The molecule has 0 spiro atoms. The van der Waals surface area contributed by atoms with Gasteiger partial charge in [-0.3, -0.25) is 4.90 Å². The van der Waals surface area contributed by atoms with E-state index >= 15 is 0 Å². The summed E-state index contributed by atoms with van der Waals surface area (Å²) in [5, 5.41) is 0. The maximum atomic E-state index is 13.1. The highest BCUT2D eigenvalue weighted by molar-refractivity contribution is 7.90. The molecule has 1 saturated heterocycles. The number of aromatic nitrogens is 1. The number of nitrogens with zero attached hydrogens (tertiary/aromatic N) is 3. The topological polar surface area (TPSA) is 54.8 Å². The van der Waals surface area contributed by atoms with Gasteiger partial charge in [-0.25, -0.2) is 12.4 Å². The van der Waals surface area contributed by atoms with E-state index in [-0.39, 0.29) is 0 Å². The Bertz CT molecular complexity index is 1100. The first kappa shape index (κ1) is 20.5. The number of hydrogen-bond donors (Lipinski definition) is 0. The number of methoxy groups -OCH3 is 1. The van der Waals surface area contributed by atoms with Crippen molar-refractivity contribution in [2.75, 3.05) is 38.2 Å². The van der Waals surface area contributed by atoms with Crippen LogP contribution >= 0.6 is 0 Å². The molecule has 2 aromatic carbocycles. The molecular weight excluding hydrogens is 398 g/mol.